The van der Waals surface area contributed by atoms with Crippen LogP contribution in [0.5, 0.6) is 0 Å². The Morgan fingerprint density at radius 2 is 1.70 bits per heavy atom. The Labute approximate surface area is 195 Å². The van der Waals surface area contributed by atoms with E-state index in [1.807, 2.05) is 44.2 Å². The molecule has 4 aromatic rings. The highest BCUT2D eigenvalue weighted by Crippen LogP contribution is 2.25. The summed E-state index contributed by atoms with van der Waals surface area (Å²) >= 11 is 1.42. The zero-order valence-corrected chi connectivity index (χ0v) is 19.3. The number of rotatable bonds is 7. The zero-order chi connectivity index (χ0) is 23.4. The first-order valence-corrected chi connectivity index (χ1v) is 11.8. The fourth-order valence-corrected chi connectivity index (χ4v) is 4.60. The molecule has 0 aliphatic heterocycles. The van der Waals surface area contributed by atoms with Crippen molar-refractivity contribution in [3.05, 3.63) is 100 Å². The minimum Gasteiger partial charge on any atom is -0.339 e. The minimum absolute atomic E-state index is 0.0927. The second kappa shape index (κ2) is 10.0. The molecule has 1 heterocycles. The van der Waals surface area contributed by atoms with E-state index >= 15 is 0 Å². The molecule has 0 aliphatic rings. The smallest absolute Gasteiger partial charge is 0.266 e. The molecule has 0 saturated heterocycles. The quantitative estimate of drug-likeness (QED) is 0.277. The number of nitrogens with zero attached hydrogens (tertiary/aromatic N) is 3. The molecule has 0 atom stereocenters. The van der Waals surface area contributed by atoms with Gasteiger partial charge in [0.2, 0.25) is 0 Å². The van der Waals surface area contributed by atoms with Gasteiger partial charge in [-0.05, 0) is 61.9 Å². The van der Waals surface area contributed by atoms with Gasteiger partial charge in [0.05, 0.1) is 16.6 Å². The van der Waals surface area contributed by atoms with Crippen molar-refractivity contribution < 1.29 is 9.18 Å². The zero-order valence-electron chi connectivity index (χ0n) is 18.5. The molecule has 0 fully saturated rings. The number of hydrogen-bond acceptors (Lipinski definition) is 4. The summed E-state index contributed by atoms with van der Waals surface area (Å²) in [5.74, 6) is 0.140. The number of thioether (sulfide) groups is 1. The number of amides is 1. The highest BCUT2D eigenvalue weighted by Gasteiger charge is 2.17. The molecule has 0 radical (unpaired) electrons. The number of hydrogen-bond donors (Lipinski definition) is 0. The number of fused-ring (bicyclic) bond motifs is 1. The van der Waals surface area contributed by atoms with Crippen molar-refractivity contribution in [3.63, 3.8) is 0 Å². The number of halogens is 1. The van der Waals surface area contributed by atoms with E-state index in [2.05, 4.69) is 0 Å². The molecule has 0 N–H and O–H groups in total. The lowest BCUT2D eigenvalue weighted by molar-refractivity contribution is 0.0773. The van der Waals surface area contributed by atoms with Crippen molar-refractivity contribution in [3.8, 4) is 5.69 Å². The second-order valence-electron chi connectivity index (χ2n) is 7.50. The minimum atomic E-state index is -0.376. The largest absolute Gasteiger partial charge is 0.339 e. The van der Waals surface area contributed by atoms with Gasteiger partial charge in [0, 0.05) is 24.4 Å². The van der Waals surface area contributed by atoms with Gasteiger partial charge in [-0.1, -0.05) is 42.1 Å². The molecule has 0 aliphatic carbocycles. The monoisotopic (exact) mass is 461 g/mol. The predicted octanol–water partition coefficient (Wildman–Crippen LogP) is 5.30. The summed E-state index contributed by atoms with van der Waals surface area (Å²) in [4.78, 5) is 32.8. The van der Waals surface area contributed by atoms with Gasteiger partial charge in [-0.15, -0.1) is 0 Å². The van der Waals surface area contributed by atoms with Gasteiger partial charge >= 0.3 is 0 Å². The Hall–Kier alpha value is -3.45. The lowest BCUT2D eigenvalue weighted by atomic mass is 10.1. The first-order chi connectivity index (χ1) is 16.0. The average molecular weight is 462 g/mol. The lowest BCUT2D eigenvalue weighted by Gasteiger charge is -2.19. The van der Waals surface area contributed by atoms with Crippen molar-refractivity contribution in [1.29, 1.82) is 0 Å². The summed E-state index contributed by atoms with van der Waals surface area (Å²) in [6.07, 6.45) is 0. The Morgan fingerprint density at radius 1 is 1.00 bits per heavy atom. The summed E-state index contributed by atoms with van der Waals surface area (Å²) < 4.78 is 15.0. The molecule has 168 valence electrons. The van der Waals surface area contributed by atoms with Gasteiger partial charge in [0.15, 0.2) is 5.16 Å². The summed E-state index contributed by atoms with van der Waals surface area (Å²) in [6.45, 7) is 5.07. The summed E-state index contributed by atoms with van der Waals surface area (Å²) in [7, 11) is 0. The third kappa shape index (κ3) is 4.83. The highest BCUT2D eigenvalue weighted by molar-refractivity contribution is 7.98. The highest BCUT2D eigenvalue weighted by atomic mass is 32.2. The molecule has 1 amide bonds. The van der Waals surface area contributed by atoms with E-state index in [1.54, 1.807) is 35.2 Å². The molecule has 5 nitrogen and oxygen atoms in total. The third-order valence-corrected chi connectivity index (χ3v) is 6.44. The normalized spacial score (nSPS) is 11.0. The van der Waals surface area contributed by atoms with Gasteiger partial charge in [-0.25, -0.2) is 9.37 Å². The molecule has 1 aromatic heterocycles. The summed E-state index contributed by atoms with van der Waals surface area (Å²) in [6, 6.07) is 20.7. The first kappa shape index (κ1) is 22.7. The van der Waals surface area contributed by atoms with Crippen LogP contribution in [0.2, 0.25) is 0 Å². The van der Waals surface area contributed by atoms with Crippen LogP contribution in [0.4, 0.5) is 4.39 Å². The molecule has 0 saturated carbocycles. The van der Waals surface area contributed by atoms with Gasteiger partial charge in [0.1, 0.15) is 5.82 Å². The van der Waals surface area contributed by atoms with E-state index in [0.717, 1.165) is 5.56 Å². The van der Waals surface area contributed by atoms with E-state index in [4.69, 9.17) is 4.98 Å². The third-order valence-electron chi connectivity index (χ3n) is 5.43. The van der Waals surface area contributed by atoms with E-state index < -0.39 is 0 Å². The molecule has 33 heavy (non-hydrogen) atoms. The maximum Gasteiger partial charge on any atom is 0.266 e. The Bertz CT molecular complexity index is 1330. The van der Waals surface area contributed by atoms with E-state index in [9.17, 15) is 14.0 Å². The molecule has 7 heteroatoms. The second-order valence-corrected chi connectivity index (χ2v) is 8.44. The standard InChI is InChI=1S/C26H24FN3O2S/c1-3-29(4-2)24(31)19-10-15-22-23(16-19)28-26(33-17-18-8-6-5-7-9-18)30(25(22)32)21-13-11-20(27)12-14-21/h5-16H,3-4,17H2,1-2H3. The van der Waals surface area contributed by atoms with Crippen molar-refractivity contribution >= 4 is 28.6 Å². The number of carbonyl (C=O) groups excluding carboxylic acids is 1. The first-order valence-electron chi connectivity index (χ1n) is 10.8. The van der Waals surface area contributed by atoms with E-state index in [-0.39, 0.29) is 17.3 Å². The van der Waals surface area contributed by atoms with Crippen molar-refractivity contribution in [1.82, 2.24) is 14.5 Å². The molecule has 0 spiro atoms. The molecular weight excluding hydrogens is 437 g/mol. The molecule has 4 rings (SSSR count). The van der Waals surface area contributed by atoms with Crippen LogP contribution in [0.1, 0.15) is 29.8 Å². The lowest BCUT2D eigenvalue weighted by Crippen LogP contribution is -2.30. The summed E-state index contributed by atoms with van der Waals surface area (Å²) in [5.41, 5.74) is 2.33. The fraction of sp³-hybridized carbons (Fsp3) is 0.192. The topological polar surface area (TPSA) is 55.2 Å². The van der Waals surface area contributed by atoms with Crippen molar-refractivity contribution in [2.75, 3.05) is 13.1 Å². The SMILES string of the molecule is CCN(CC)C(=O)c1ccc2c(=O)n(-c3ccc(F)cc3)c(SCc3ccccc3)nc2c1. The van der Waals surface area contributed by atoms with Gasteiger partial charge < -0.3 is 4.90 Å². The maximum absolute atomic E-state index is 13.5. The molecular formula is C26H24FN3O2S. The van der Waals surface area contributed by atoms with Gasteiger partial charge in [0.25, 0.3) is 11.5 Å². The predicted molar refractivity (Wildman–Crippen MR) is 131 cm³/mol. The molecule has 0 bridgehead atoms. The molecule has 0 unspecified atom stereocenters. The fourth-order valence-electron chi connectivity index (χ4n) is 3.63. The van der Waals surface area contributed by atoms with Crippen molar-refractivity contribution in [2.24, 2.45) is 0 Å². The number of benzene rings is 3. The maximum atomic E-state index is 13.5. The van der Waals surface area contributed by atoms with E-state index in [0.29, 0.717) is 46.2 Å². The van der Waals surface area contributed by atoms with Gasteiger partial charge in [-0.3, -0.25) is 14.2 Å². The summed E-state index contributed by atoms with van der Waals surface area (Å²) in [5, 5.41) is 0.884. The van der Waals surface area contributed by atoms with Crippen LogP contribution >= 0.6 is 11.8 Å². The number of carbonyl (C=O) groups is 1. The van der Waals surface area contributed by atoms with Crippen LogP contribution in [-0.2, 0) is 5.75 Å². The Balaban J connectivity index is 1.84. The van der Waals surface area contributed by atoms with Crippen LogP contribution in [0.25, 0.3) is 16.6 Å². The van der Waals surface area contributed by atoms with Crippen LogP contribution in [0, 0.1) is 5.82 Å². The van der Waals surface area contributed by atoms with Gasteiger partial charge in [-0.2, -0.15) is 0 Å². The van der Waals surface area contributed by atoms with Crippen LogP contribution < -0.4 is 5.56 Å². The average Bonchev–Trinajstić information content (AvgIpc) is 2.84. The molecule has 3 aromatic carbocycles. The van der Waals surface area contributed by atoms with E-state index in [1.165, 1.54) is 28.5 Å². The number of aromatic nitrogens is 2. The van der Waals surface area contributed by atoms with Crippen LogP contribution in [0.3, 0.4) is 0 Å². The van der Waals surface area contributed by atoms with Crippen LogP contribution in [0.15, 0.2) is 82.7 Å². The van der Waals surface area contributed by atoms with Crippen LogP contribution in [-0.4, -0.2) is 33.4 Å². The van der Waals surface area contributed by atoms with Crippen molar-refractivity contribution in [2.45, 2.75) is 24.8 Å². The Morgan fingerprint density at radius 3 is 2.36 bits per heavy atom. The Kier molecular flexibility index (Phi) is 6.89.